The Bertz CT molecular complexity index is 117. The Kier molecular flexibility index (Phi) is 6.02. The molecule has 0 fully saturated rings. The van der Waals surface area contributed by atoms with Crippen LogP contribution in [0.5, 0.6) is 0 Å². The molecule has 0 saturated heterocycles. The van der Waals surface area contributed by atoms with Crippen LogP contribution in [0.3, 0.4) is 0 Å². The molecule has 0 aromatic rings. The first-order valence-corrected chi connectivity index (χ1v) is 3.82. The Morgan fingerprint density at radius 3 is 2.64 bits per heavy atom. The van der Waals surface area contributed by atoms with Gasteiger partial charge in [-0.15, -0.1) is 0 Å². The van der Waals surface area contributed by atoms with Crippen molar-refractivity contribution < 1.29 is 10.0 Å². The van der Waals surface area contributed by atoms with Crippen LogP contribution >= 0.6 is 0 Å². The normalized spacial score (nSPS) is 13.0. The summed E-state index contributed by atoms with van der Waals surface area (Å²) in [6, 6.07) is -0.415. The van der Waals surface area contributed by atoms with Crippen LogP contribution in [0, 0.1) is 0 Å². The summed E-state index contributed by atoms with van der Waals surface area (Å²) < 4.78 is 0. The zero-order valence-electron chi connectivity index (χ0n) is 6.84. The summed E-state index contributed by atoms with van der Waals surface area (Å²) in [5, 5.41) is 8.49. The van der Waals surface area contributed by atoms with E-state index >= 15 is 0 Å². The van der Waals surface area contributed by atoms with E-state index in [4.69, 9.17) is 10.9 Å². The molecule has 0 unspecified atom stereocenters. The van der Waals surface area contributed by atoms with Crippen LogP contribution < -0.4 is 11.2 Å². The van der Waals surface area contributed by atoms with Gasteiger partial charge in [-0.2, -0.15) is 5.48 Å². The van der Waals surface area contributed by atoms with Crippen molar-refractivity contribution in [3.8, 4) is 0 Å². The third-order valence-corrected chi connectivity index (χ3v) is 1.59. The van der Waals surface area contributed by atoms with E-state index in [-0.39, 0.29) is 5.78 Å². The lowest BCUT2D eigenvalue weighted by atomic mass is 10.1. The maximum Gasteiger partial charge on any atom is 0.148 e. The highest BCUT2D eigenvalue weighted by molar-refractivity contribution is 5.81. The molecule has 0 aliphatic rings. The lowest BCUT2D eigenvalue weighted by Gasteiger charge is -2.09. The van der Waals surface area contributed by atoms with E-state index in [1.54, 1.807) is 0 Å². The Hall–Kier alpha value is -0.450. The van der Waals surface area contributed by atoms with Gasteiger partial charge in [0.15, 0.2) is 0 Å². The summed E-state index contributed by atoms with van der Waals surface area (Å²) in [4.78, 5) is 10.7. The molecule has 0 amide bonds. The lowest BCUT2D eigenvalue weighted by Crippen LogP contribution is -2.32. The van der Waals surface area contributed by atoms with Gasteiger partial charge in [0.25, 0.3) is 0 Å². The molecule has 0 aliphatic carbocycles. The fourth-order valence-electron chi connectivity index (χ4n) is 0.852. The van der Waals surface area contributed by atoms with Crippen molar-refractivity contribution >= 4 is 5.78 Å². The number of ketones is 1. The molecule has 0 saturated carbocycles. The first-order valence-electron chi connectivity index (χ1n) is 3.82. The second kappa shape index (κ2) is 6.27. The number of hydrogen-bond acceptors (Lipinski definition) is 4. The number of carbonyl (C=O) groups is 1. The predicted molar refractivity (Wildman–Crippen MR) is 42.3 cm³/mol. The summed E-state index contributed by atoms with van der Waals surface area (Å²) in [5.41, 5.74) is 7.23. The SMILES string of the molecule is CC(=O)[C@H](CCCCN)NO. The summed E-state index contributed by atoms with van der Waals surface area (Å²) in [5.74, 6) is -0.0375. The molecule has 4 N–H and O–H groups in total. The lowest BCUT2D eigenvalue weighted by molar-refractivity contribution is -0.121. The van der Waals surface area contributed by atoms with Crippen LogP contribution in [0.15, 0.2) is 0 Å². The van der Waals surface area contributed by atoms with Gasteiger partial charge in [0, 0.05) is 0 Å². The van der Waals surface area contributed by atoms with E-state index < -0.39 is 6.04 Å². The zero-order chi connectivity index (χ0) is 8.69. The number of rotatable bonds is 6. The van der Waals surface area contributed by atoms with Gasteiger partial charge in [-0.3, -0.25) is 4.79 Å². The molecule has 0 aromatic carbocycles. The van der Waals surface area contributed by atoms with E-state index in [1.807, 2.05) is 5.48 Å². The Morgan fingerprint density at radius 1 is 1.64 bits per heavy atom. The van der Waals surface area contributed by atoms with E-state index in [0.717, 1.165) is 12.8 Å². The first-order chi connectivity index (χ1) is 5.22. The Balaban J connectivity index is 3.44. The average molecular weight is 160 g/mol. The molecule has 0 rings (SSSR count). The quantitative estimate of drug-likeness (QED) is 0.379. The molecule has 66 valence electrons. The van der Waals surface area contributed by atoms with Crippen LogP contribution in [0.25, 0.3) is 0 Å². The summed E-state index contributed by atoms with van der Waals surface area (Å²) in [6.07, 6.45) is 2.42. The van der Waals surface area contributed by atoms with Crippen LogP contribution in [0.4, 0.5) is 0 Å². The number of hydroxylamine groups is 1. The number of unbranched alkanes of at least 4 members (excludes halogenated alkanes) is 1. The average Bonchev–Trinajstić information content (AvgIpc) is 1.97. The minimum Gasteiger partial charge on any atom is -0.330 e. The molecule has 0 heterocycles. The number of nitrogens with two attached hydrogens (primary N) is 1. The number of carbonyl (C=O) groups excluding carboxylic acids is 1. The molecule has 0 bridgehead atoms. The van der Waals surface area contributed by atoms with Gasteiger partial charge in [0.05, 0.1) is 6.04 Å². The van der Waals surface area contributed by atoms with Gasteiger partial charge in [0.1, 0.15) is 5.78 Å². The number of nitrogens with one attached hydrogen (secondary N) is 1. The third-order valence-electron chi connectivity index (χ3n) is 1.59. The summed E-state index contributed by atoms with van der Waals surface area (Å²) >= 11 is 0. The van der Waals surface area contributed by atoms with Crippen molar-refractivity contribution in [1.82, 2.24) is 5.48 Å². The van der Waals surface area contributed by atoms with Gasteiger partial charge in [0.2, 0.25) is 0 Å². The van der Waals surface area contributed by atoms with E-state index in [0.29, 0.717) is 13.0 Å². The summed E-state index contributed by atoms with van der Waals surface area (Å²) in [7, 11) is 0. The van der Waals surface area contributed by atoms with Gasteiger partial charge in [-0.1, -0.05) is 6.42 Å². The van der Waals surface area contributed by atoms with Gasteiger partial charge in [-0.05, 0) is 26.3 Å². The van der Waals surface area contributed by atoms with Crippen molar-refractivity contribution in [3.05, 3.63) is 0 Å². The second-order valence-electron chi connectivity index (χ2n) is 2.58. The van der Waals surface area contributed by atoms with Crippen molar-refractivity contribution in [2.24, 2.45) is 5.73 Å². The van der Waals surface area contributed by atoms with Crippen molar-refractivity contribution in [3.63, 3.8) is 0 Å². The highest BCUT2D eigenvalue weighted by Gasteiger charge is 2.10. The van der Waals surface area contributed by atoms with E-state index in [9.17, 15) is 4.79 Å². The molecule has 11 heavy (non-hydrogen) atoms. The van der Waals surface area contributed by atoms with Crippen LogP contribution in [-0.2, 0) is 4.79 Å². The molecule has 4 nitrogen and oxygen atoms in total. The van der Waals surface area contributed by atoms with Crippen molar-refractivity contribution in [2.45, 2.75) is 32.2 Å². The van der Waals surface area contributed by atoms with E-state index in [2.05, 4.69) is 0 Å². The smallest absolute Gasteiger partial charge is 0.148 e. The fourth-order valence-corrected chi connectivity index (χ4v) is 0.852. The largest absolute Gasteiger partial charge is 0.330 e. The molecular formula is C7H16N2O2. The van der Waals surface area contributed by atoms with Gasteiger partial charge in [-0.25, -0.2) is 0 Å². The minimum absolute atomic E-state index is 0.0375. The minimum atomic E-state index is -0.415. The third kappa shape index (κ3) is 4.89. The standard InChI is InChI=1S/C7H16N2O2/c1-6(10)7(9-11)4-2-3-5-8/h7,9,11H,2-5,8H2,1H3/t7-/m0/s1. The molecule has 4 heteroatoms. The topological polar surface area (TPSA) is 75.4 Å². The number of Topliss-reactive ketones (excluding diaryl/α,β-unsaturated/α-hetero) is 1. The second-order valence-corrected chi connectivity index (χ2v) is 2.58. The van der Waals surface area contributed by atoms with E-state index in [1.165, 1.54) is 6.92 Å². The van der Waals surface area contributed by atoms with Gasteiger partial charge >= 0.3 is 0 Å². The number of hydrogen-bond donors (Lipinski definition) is 3. The first kappa shape index (κ1) is 10.6. The Labute approximate surface area is 66.7 Å². The highest BCUT2D eigenvalue weighted by atomic mass is 16.5. The van der Waals surface area contributed by atoms with Crippen LogP contribution in [0.1, 0.15) is 26.2 Å². The maximum absolute atomic E-state index is 10.7. The summed E-state index contributed by atoms with van der Waals surface area (Å²) in [6.45, 7) is 2.09. The Morgan fingerprint density at radius 2 is 2.27 bits per heavy atom. The molecule has 1 atom stereocenters. The monoisotopic (exact) mass is 160 g/mol. The van der Waals surface area contributed by atoms with Crippen molar-refractivity contribution in [2.75, 3.05) is 6.54 Å². The zero-order valence-corrected chi connectivity index (χ0v) is 6.84. The molecule has 0 aromatic heterocycles. The fraction of sp³-hybridized carbons (Fsp3) is 0.857. The van der Waals surface area contributed by atoms with Crippen molar-refractivity contribution in [1.29, 1.82) is 0 Å². The van der Waals surface area contributed by atoms with Crippen LogP contribution in [0.2, 0.25) is 0 Å². The molecule has 0 aliphatic heterocycles. The van der Waals surface area contributed by atoms with Crippen LogP contribution in [-0.4, -0.2) is 23.6 Å². The molecule has 0 spiro atoms. The molecule has 0 radical (unpaired) electrons. The maximum atomic E-state index is 10.7. The molecular weight excluding hydrogens is 144 g/mol. The predicted octanol–water partition coefficient (Wildman–Crippen LogP) is 0.0518. The van der Waals surface area contributed by atoms with Gasteiger partial charge < -0.3 is 10.9 Å². The highest BCUT2D eigenvalue weighted by Crippen LogP contribution is 2.00.